The average Bonchev–Trinajstić information content (AvgIpc) is 3.36. The van der Waals surface area contributed by atoms with E-state index in [-0.39, 0.29) is 6.04 Å². The minimum Gasteiger partial charge on any atom is -0.353 e. The summed E-state index contributed by atoms with van der Waals surface area (Å²) < 4.78 is 0. The number of benzene rings is 3. The van der Waals surface area contributed by atoms with Crippen LogP contribution in [-0.2, 0) is 0 Å². The zero-order valence-corrected chi connectivity index (χ0v) is 21.8. The van der Waals surface area contributed by atoms with Gasteiger partial charge in [-0.25, -0.2) is 9.97 Å². The first kappa shape index (κ1) is 23.4. The molecular formula is C29H24Cl2N4S. The highest BCUT2D eigenvalue weighted by Gasteiger charge is 2.29. The van der Waals surface area contributed by atoms with Gasteiger partial charge in [0.25, 0.3) is 0 Å². The van der Waals surface area contributed by atoms with Gasteiger partial charge in [0, 0.05) is 47.2 Å². The van der Waals surface area contributed by atoms with Crippen LogP contribution < -0.4 is 4.90 Å². The molecular weight excluding hydrogens is 507 g/mol. The number of thiophene rings is 1. The van der Waals surface area contributed by atoms with Crippen LogP contribution in [0.3, 0.4) is 0 Å². The predicted octanol–water partition coefficient (Wildman–Crippen LogP) is 7.58. The number of aromatic nitrogens is 2. The van der Waals surface area contributed by atoms with E-state index in [9.17, 15) is 0 Å². The fourth-order valence-electron chi connectivity index (χ4n) is 5.05. The van der Waals surface area contributed by atoms with Crippen LogP contribution in [0.15, 0.2) is 90.6 Å². The molecule has 5 aromatic rings. The van der Waals surface area contributed by atoms with Crippen molar-refractivity contribution in [3.63, 3.8) is 0 Å². The number of piperazine rings is 1. The molecule has 36 heavy (non-hydrogen) atoms. The Kier molecular flexibility index (Phi) is 6.63. The average molecular weight is 532 g/mol. The maximum absolute atomic E-state index is 6.69. The molecule has 3 heterocycles. The fraction of sp³-hybridized carbons (Fsp3) is 0.172. The van der Waals surface area contributed by atoms with Gasteiger partial charge in [-0.15, -0.1) is 11.3 Å². The van der Waals surface area contributed by atoms with Crippen LogP contribution in [0.2, 0.25) is 10.0 Å². The van der Waals surface area contributed by atoms with E-state index in [1.807, 2.05) is 24.3 Å². The summed E-state index contributed by atoms with van der Waals surface area (Å²) in [5.74, 6) is 1.000. The highest BCUT2D eigenvalue weighted by atomic mass is 35.5. The number of hydrogen-bond donors (Lipinski definition) is 0. The molecule has 2 aromatic heterocycles. The largest absolute Gasteiger partial charge is 0.353 e. The van der Waals surface area contributed by atoms with Crippen molar-refractivity contribution in [3.05, 3.63) is 112 Å². The maximum atomic E-state index is 6.69. The van der Waals surface area contributed by atoms with Crippen molar-refractivity contribution in [2.24, 2.45) is 0 Å². The smallest absolute Gasteiger partial charge is 0.141 e. The van der Waals surface area contributed by atoms with E-state index in [0.717, 1.165) is 68.9 Å². The van der Waals surface area contributed by atoms with Gasteiger partial charge in [0.1, 0.15) is 17.0 Å². The van der Waals surface area contributed by atoms with Crippen molar-refractivity contribution < 1.29 is 0 Å². The summed E-state index contributed by atoms with van der Waals surface area (Å²) in [6, 6.07) is 26.9. The summed E-state index contributed by atoms with van der Waals surface area (Å²) in [7, 11) is 0. The molecule has 1 saturated heterocycles. The van der Waals surface area contributed by atoms with Gasteiger partial charge < -0.3 is 4.90 Å². The monoisotopic (exact) mass is 530 g/mol. The quantitative estimate of drug-likeness (QED) is 0.234. The van der Waals surface area contributed by atoms with Crippen LogP contribution in [0.25, 0.3) is 21.3 Å². The van der Waals surface area contributed by atoms with Crippen LogP contribution in [0.5, 0.6) is 0 Å². The highest BCUT2D eigenvalue weighted by Crippen LogP contribution is 2.39. The Morgan fingerprint density at radius 3 is 2.25 bits per heavy atom. The molecule has 4 nitrogen and oxygen atoms in total. The topological polar surface area (TPSA) is 32.3 Å². The Balaban J connectivity index is 1.31. The number of nitrogens with zero attached hydrogens (tertiary/aromatic N) is 4. The summed E-state index contributed by atoms with van der Waals surface area (Å²) >= 11 is 14.5. The Morgan fingerprint density at radius 1 is 0.778 bits per heavy atom. The molecule has 1 fully saturated rings. The highest BCUT2D eigenvalue weighted by molar-refractivity contribution is 7.17. The number of hydrogen-bond acceptors (Lipinski definition) is 5. The van der Waals surface area contributed by atoms with Gasteiger partial charge in [0.15, 0.2) is 0 Å². The Morgan fingerprint density at radius 2 is 1.50 bits per heavy atom. The van der Waals surface area contributed by atoms with Crippen LogP contribution in [-0.4, -0.2) is 41.0 Å². The van der Waals surface area contributed by atoms with Crippen LogP contribution in [0.4, 0.5) is 5.82 Å². The van der Waals surface area contributed by atoms with E-state index in [0.29, 0.717) is 0 Å². The standard InChI is InChI=1S/C29H24Cl2N4S/c30-22-12-10-20(11-13-22)24-18-36-29-26(24)28(32-19-33-29)35-16-14-34(15-17-35)27(21-6-2-1-3-7-21)23-8-4-5-9-25(23)31/h1-13,18-19,27H,14-17H2. The van der Waals surface area contributed by atoms with Gasteiger partial charge in [-0.05, 0) is 34.9 Å². The zero-order valence-electron chi connectivity index (χ0n) is 19.5. The molecule has 1 aliphatic heterocycles. The third-order valence-electron chi connectivity index (χ3n) is 6.80. The van der Waals surface area contributed by atoms with Crippen molar-refractivity contribution >= 4 is 50.6 Å². The van der Waals surface area contributed by atoms with Crippen molar-refractivity contribution in [2.45, 2.75) is 6.04 Å². The Labute approximate surface area is 224 Å². The second-order valence-corrected chi connectivity index (χ2v) is 10.6. The van der Waals surface area contributed by atoms with Crippen molar-refractivity contribution in [1.82, 2.24) is 14.9 Å². The molecule has 3 aromatic carbocycles. The minimum atomic E-state index is 0.109. The van der Waals surface area contributed by atoms with E-state index >= 15 is 0 Å². The van der Waals surface area contributed by atoms with Gasteiger partial charge in [0.05, 0.1) is 11.4 Å². The Hall–Kier alpha value is -2.96. The van der Waals surface area contributed by atoms with E-state index in [1.54, 1.807) is 17.7 Å². The van der Waals surface area contributed by atoms with Crippen LogP contribution in [0, 0.1) is 0 Å². The third-order valence-corrected chi connectivity index (χ3v) is 8.28. The van der Waals surface area contributed by atoms with E-state index in [2.05, 4.69) is 74.8 Å². The zero-order chi connectivity index (χ0) is 24.5. The van der Waals surface area contributed by atoms with Crippen molar-refractivity contribution in [2.75, 3.05) is 31.1 Å². The van der Waals surface area contributed by atoms with E-state index < -0.39 is 0 Å². The lowest BCUT2D eigenvalue weighted by molar-refractivity contribution is 0.212. The summed E-state index contributed by atoms with van der Waals surface area (Å²) in [5, 5.41) is 4.82. The molecule has 0 radical (unpaired) electrons. The number of halogens is 2. The fourth-order valence-corrected chi connectivity index (χ4v) is 6.33. The molecule has 1 aliphatic rings. The second kappa shape index (κ2) is 10.2. The third kappa shape index (κ3) is 4.48. The van der Waals surface area contributed by atoms with Crippen molar-refractivity contribution in [1.29, 1.82) is 0 Å². The molecule has 0 aliphatic carbocycles. The summed E-state index contributed by atoms with van der Waals surface area (Å²) in [4.78, 5) is 15.2. The minimum absolute atomic E-state index is 0.109. The predicted molar refractivity (Wildman–Crippen MR) is 151 cm³/mol. The van der Waals surface area contributed by atoms with E-state index in [4.69, 9.17) is 28.2 Å². The molecule has 0 spiro atoms. The molecule has 0 amide bonds. The van der Waals surface area contributed by atoms with Crippen molar-refractivity contribution in [3.8, 4) is 11.1 Å². The molecule has 1 unspecified atom stereocenters. The molecule has 0 N–H and O–H groups in total. The summed E-state index contributed by atoms with van der Waals surface area (Å²) in [6.45, 7) is 3.54. The van der Waals surface area contributed by atoms with Gasteiger partial charge in [-0.3, -0.25) is 4.90 Å². The van der Waals surface area contributed by atoms with E-state index in [1.165, 1.54) is 5.56 Å². The molecule has 6 rings (SSSR count). The molecule has 0 bridgehead atoms. The number of rotatable bonds is 5. The lowest BCUT2D eigenvalue weighted by Gasteiger charge is -2.40. The number of fused-ring (bicyclic) bond motifs is 1. The van der Waals surface area contributed by atoms with Gasteiger partial charge >= 0.3 is 0 Å². The van der Waals surface area contributed by atoms with Gasteiger partial charge in [0.2, 0.25) is 0 Å². The normalized spacial score (nSPS) is 15.3. The second-order valence-electron chi connectivity index (χ2n) is 8.89. The molecule has 7 heteroatoms. The first-order valence-electron chi connectivity index (χ1n) is 12.0. The SMILES string of the molecule is Clc1ccc(-c2csc3ncnc(N4CCN(C(c5ccccc5)c5ccccc5Cl)CC4)c23)cc1. The Bertz CT molecular complexity index is 1480. The first-order valence-corrected chi connectivity index (χ1v) is 13.6. The summed E-state index contributed by atoms with van der Waals surface area (Å²) in [6.07, 6.45) is 1.68. The molecule has 1 atom stereocenters. The van der Waals surface area contributed by atoms with Crippen LogP contribution in [0.1, 0.15) is 17.2 Å². The van der Waals surface area contributed by atoms with Gasteiger partial charge in [-0.2, -0.15) is 0 Å². The number of anilines is 1. The van der Waals surface area contributed by atoms with Crippen LogP contribution >= 0.6 is 34.5 Å². The lowest BCUT2D eigenvalue weighted by Crippen LogP contribution is -2.48. The maximum Gasteiger partial charge on any atom is 0.141 e. The molecule has 0 saturated carbocycles. The molecule has 180 valence electrons. The lowest BCUT2D eigenvalue weighted by atomic mass is 9.96. The summed E-state index contributed by atoms with van der Waals surface area (Å²) in [5.41, 5.74) is 4.68. The van der Waals surface area contributed by atoms with Gasteiger partial charge in [-0.1, -0.05) is 83.9 Å². The first-order chi connectivity index (χ1) is 17.7.